The molecule has 3 atom stereocenters. The number of benzene rings is 3. The van der Waals surface area contributed by atoms with Gasteiger partial charge in [0.05, 0.1) is 22.7 Å². The van der Waals surface area contributed by atoms with E-state index in [4.69, 9.17) is 0 Å². The number of fused-ring (bicyclic) bond motifs is 2. The lowest BCUT2D eigenvalue weighted by atomic mass is 9.63. The van der Waals surface area contributed by atoms with Crippen molar-refractivity contribution >= 4 is 51.6 Å². The molecule has 0 aromatic heterocycles. The van der Waals surface area contributed by atoms with Gasteiger partial charge in [0.2, 0.25) is 10.0 Å². The maximum Gasteiger partial charge on any atom is 0.345 e. The largest absolute Gasteiger partial charge is 0.345 e. The van der Waals surface area contributed by atoms with Gasteiger partial charge in [-0.2, -0.15) is 4.76 Å². The van der Waals surface area contributed by atoms with E-state index in [2.05, 4.69) is 14.8 Å². The third kappa shape index (κ3) is 4.57. The van der Waals surface area contributed by atoms with Crippen LogP contribution in [0.5, 0.6) is 0 Å². The van der Waals surface area contributed by atoms with E-state index in [1.165, 1.54) is 30.3 Å². The number of nitrogens with one attached hydrogen (secondary N) is 2. The van der Waals surface area contributed by atoms with Crippen molar-refractivity contribution in [2.24, 2.45) is 10.7 Å². The van der Waals surface area contributed by atoms with Crippen LogP contribution in [0.3, 0.4) is 0 Å². The van der Waals surface area contributed by atoms with E-state index in [1.54, 1.807) is 6.92 Å². The minimum atomic E-state index is -4.54. The fourth-order valence-corrected chi connectivity index (χ4v) is 6.88. The predicted octanol–water partition coefficient (Wildman–Crippen LogP) is 3.41. The fraction of sp³-hybridized carbons (Fsp3) is 0.192. The van der Waals surface area contributed by atoms with Crippen LogP contribution in [0.4, 0.5) is 15.8 Å². The Morgan fingerprint density at radius 2 is 1.82 bits per heavy atom. The number of Topliss-reactive ketones (excluding diaryl/α,β-unsaturated/α-hetero) is 2. The number of carbonyl (C=O) groups excluding carboxylic acids is 2. The lowest BCUT2D eigenvalue weighted by molar-refractivity contribution is -0.125. The fourth-order valence-electron chi connectivity index (χ4n) is 5.01. The van der Waals surface area contributed by atoms with E-state index >= 15 is 0 Å². The zero-order valence-electron chi connectivity index (χ0n) is 20.3. The van der Waals surface area contributed by atoms with Crippen LogP contribution in [0.15, 0.2) is 71.5 Å². The Morgan fingerprint density at radius 1 is 1.11 bits per heavy atom. The Balaban J connectivity index is 1.61. The van der Waals surface area contributed by atoms with Gasteiger partial charge in [0.1, 0.15) is 17.6 Å². The van der Waals surface area contributed by atoms with E-state index in [0.717, 1.165) is 17.9 Å². The molecule has 0 amide bonds. The van der Waals surface area contributed by atoms with Gasteiger partial charge in [0.15, 0.2) is 11.6 Å². The zero-order valence-corrected chi connectivity index (χ0v) is 22.0. The van der Waals surface area contributed by atoms with Crippen molar-refractivity contribution in [3.63, 3.8) is 0 Å². The first-order valence-corrected chi connectivity index (χ1v) is 15.0. The molecule has 3 unspecified atom stereocenters. The zero-order chi connectivity index (χ0) is 27.5. The van der Waals surface area contributed by atoms with Gasteiger partial charge in [-0.1, -0.05) is 36.4 Å². The Kier molecular flexibility index (Phi) is 6.13. The van der Waals surface area contributed by atoms with E-state index in [-0.39, 0.29) is 34.5 Å². The molecule has 0 fully saturated rings. The number of amidine groups is 1. The minimum Gasteiger partial charge on any atom is -0.342 e. The number of sulfonamides is 1. The summed E-state index contributed by atoms with van der Waals surface area (Å²) in [6, 6.07) is 16.7. The Morgan fingerprint density at radius 3 is 2.50 bits per heavy atom. The molecule has 12 heteroatoms. The quantitative estimate of drug-likeness (QED) is 0.324. The molecule has 0 saturated heterocycles. The molecule has 3 aromatic rings. The molecule has 2 aliphatic rings. The van der Waals surface area contributed by atoms with Crippen LogP contribution in [-0.2, 0) is 31.2 Å². The molecule has 0 bridgehead atoms. The number of anilines is 2. The number of ketones is 2. The minimum absolute atomic E-state index is 0.00352. The van der Waals surface area contributed by atoms with Crippen molar-refractivity contribution in [2.45, 2.75) is 18.8 Å². The predicted molar refractivity (Wildman–Crippen MR) is 142 cm³/mol. The Hall–Kier alpha value is -3.66. The maximum atomic E-state index is 14.3. The molecule has 1 aliphatic carbocycles. The highest BCUT2D eigenvalue weighted by molar-refractivity contribution is 7.92. The highest BCUT2D eigenvalue weighted by Gasteiger charge is 2.52. The third-order valence-corrected chi connectivity index (χ3v) is 8.80. The Bertz CT molecular complexity index is 1690. The van der Waals surface area contributed by atoms with E-state index in [0.29, 0.717) is 5.56 Å². The van der Waals surface area contributed by atoms with Crippen molar-refractivity contribution in [3.05, 3.63) is 89.2 Å². The summed E-state index contributed by atoms with van der Waals surface area (Å²) in [5.41, 5.74) is 0.0597. The molecule has 1 aliphatic heterocycles. The Labute approximate surface area is 218 Å². The van der Waals surface area contributed by atoms with Crippen molar-refractivity contribution in [3.8, 4) is 0 Å². The van der Waals surface area contributed by atoms with Gasteiger partial charge in [0.25, 0.3) is 0 Å². The van der Waals surface area contributed by atoms with Crippen LogP contribution in [0, 0.1) is 11.7 Å². The van der Waals surface area contributed by atoms with Crippen molar-refractivity contribution in [2.75, 3.05) is 16.3 Å². The summed E-state index contributed by atoms with van der Waals surface area (Å²) in [7, 11) is -8.19. The molecule has 38 heavy (non-hydrogen) atoms. The standard InChI is InChI=1S/C26H23FN3O6PS/c1-26(14-15-6-4-3-5-7-15)19-10-8-16(27)12-18(19)23(31)22(24(26)32)25-28-20-11-9-17(30-38(2,35)36)13-21(20)37(33,34)29-25/h3-13,22,30H,14H2,1-2H3,(H2,28,29,33,34). The number of rotatable bonds is 5. The highest BCUT2D eigenvalue weighted by Crippen LogP contribution is 2.49. The third-order valence-electron chi connectivity index (χ3n) is 6.70. The van der Waals surface area contributed by atoms with Gasteiger partial charge in [-0.25, -0.2) is 12.8 Å². The highest BCUT2D eigenvalue weighted by atomic mass is 32.2. The SMILES string of the molecule is CC1(Cc2ccccc2)C(=O)C(C2=NP(=O)(O)c3cc(NS(C)(=O)=O)ccc3N2)C(=O)c2cc(F)ccc21. The first-order chi connectivity index (χ1) is 17.8. The molecule has 3 N–H and O–H groups in total. The summed E-state index contributed by atoms with van der Waals surface area (Å²) in [6.45, 7) is 1.66. The molecule has 0 spiro atoms. The molecule has 196 valence electrons. The van der Waals surface area contributed by atoms with Crippen molar-refractivity contribution in [1.82, 2.24) is 0 Å². The van der Waals surface area contributed by atoms with Crippen molar-refractivity contribution < 1.29 is 31.9 Å². The molecule has 0 saturated carbocycles. The van der Waals surface area contributed by atoms with Gasteiger partial charge in [-0.05, 0) is 54.8 Å². The number of halogens is 1. The lowest BCUT2D eigenvalue weighted by Gasteiger charge is -2.39. The van der Waals surface area contributed by atoms with Gasteiger partial charge in [0, 0.05) is 11.3 Å². The normalized spacial score (nSPS) is 24.6. The molecule has 1 heterocycles. The molecule has 5 rings (SSSR count). The van der Waals surface area contributed by atoms with Crippen LogP contribution in [0.1, 0.15) is 28.4 Å². The summed E-state index contributed by atoms with van der Waals surface area (Å²) in [4.78, 5) is 38.5. The van der Waals surface area contributed by atoms with Gasteiger partial charge < -0.3 is 10.2 Å². The van der Waals surface area contributed by atoms with E-state index in [1.807, 2.05) is 30.3 Å². The second-order valence-corrected chi connectivity index (χ2v) is 13.1. The number of nitrogens with zero attached hydrogens (tertiary/aromatic N) is 1. The summed E-state index contributed by atoms with van der Waals surface area (Å²) in [5, 5.41) is 2.63. The summed E-state index contributed by atoms with van der Waals surface area (Å²) < 4.78 is 56.8. The second-order valence-electron chi connectivity index (χ2n) is 9.61. The molecular formula is C26H23FN3O6PS. The first-order valence-electron chi connectivity index (χ1n) is 11.5. The molecule has 3 aromatic carbocycles. The van der Waals surface area contributed by atoms with Crippen molar-refractivity contribution in [1.29, 1.82) is 0 Å². The number of hydrogen-bond acceptors (Lipinski definition) is 6. The maximum absolute atomic E-state index is 14.3. The lowest BCUT2D eigenvalue weighted by Crippen LogP contribution is -2.52. The van der Waals surface area contributed by atoms with Gasteiger partial charge in [-0.15, -0.1) is 0 Å². The monoisotopic (exact) mass is 555 g/mol. The summed E-state index contributed by atoms with van der Waals surface area (Å²) >= 11 is 0. The number of carbonyl (C=O) groups is 2. The van der Waals surface area contributed by atoms with Crippen LogP contribution in [0.25, 0.3) is 0 Å². The summed E-state index contributed by atoms with van der Waals surface area (Å²) in [6.07, 6.45) is 1.14. The molecule has 0 radical (unpaired) electrons. The first kappa shape index (κ1) is 26.0. The molecule has 9 nitrogen and oxygen atoms in total. The van der Waals surface area contributed by atoms with E-state index < -0.39 is 46.3 Å². The van der Waals surface area contributed by atoms with Crippen LogP contribution in [-0.4, -0.2) is 37.0 Å². The van der Waals surface area contributed by atoms with Crippen LogP contribution < -0.4 is 15.3 Å². The second kappa shape index (κ2) is 8.97. The van der Waals surface area contributed by atoms with Crippen LogP contribution >= 0.6 is 7.52 Å². The van der Waals surface area contributed by atoms with Crippen LogP contribution in [0.2, 0.25) is 0 Å². The van der Waals surface area contributed by atoms with E-state index in [9.17, 15) is 31.9 Å². The average molecular weight is 556 g/mol. The molecular weight excluding hydrogens is 532 g/mol. The summed E-state index contributed by atoms with van der Waals surface area (Å²) in [5.74, 6) is -3.85. The van der Waals surface area contributed by atoms with Gasteiger partial charge >= 0.3 is 7.52 Å². The van der Waals surface area contributed by atoms with Gasteiger partial charge in [-0.3, -0.25) is 18.9 Å². The average Bonchev–Trinajstić information content (AvgIpc) is 2.83. The number of hydrogen-bond donors (Lipinski definition) is 3. The smallest absolute Gasteiger partial charge is 0.342 e. The topological polar surface area (TPSA) is 142 Å².